The molecule has 0 spiro atoms. The van der Waals surface area contributed by atoms with Gasteiger partial charge < -0.3 is 42.4 Å². The average molecular weight is 892 g/mol. The van der Waals surface area contributed by atoms with Crippen LogP contribution in [0.2, 0.25) is 0 Å². The molecule has 7 aromatic rings. The quantitative estimate of drug-likeness (QED) is 0.132. The van der Waals surface area contributed by atoms with Crippen molar-refractivity contribution in [2.75, 3.05) is 65.1 Å². The number of nitrogens with one attached hydrogen (secondary N) is 2. The van der Waals surface area contributed by atoms with Gasteiger partial charge in [0, 0.05) is 49.0 Å². The summed E-state index contributed by atoms with van der Waals surface area (Å²) in [4.78, 5) is 59.8. The second-order valence-corrected chi connectivity index (χ2v) is 17.3. The molecule has 19 heteroatoms. The van der Waals surface area contributed by atoms with Gasteiger partial charge in [0.05, 0.1) is 29.7 Å². The van der Waals surface area contributed by atoms with Crippen LogP contribution in [0.15, 0.2) is 73.6 Å². The fraction of sp³-hybridized carbons (Fsp3) is 0.426. The van der Waals surface area contributed by atoms with Crippen molar-refractivity contribution in [3.63, 3.8) is 0 Å². The zero-order chi connectivity index (χ0) is 45.4. The van der Waals surface area contributed by atoms with E-state index in [1.807, 2.05) is 54.3 Å². The van der Waals surface area contributed by atoms with Crippen molar-refractivity contribution < 1.29 is 9.53 Å². The first-order valence-electron chi connectivity index (χ1n) is 23.0. The second kappa shape index (κ2) is 20.4. The summed E-state index contributed by atoms with van der Waals surface area (Å²) >= 11 is 0. The van der Waals surface area contributed by atoms with Crippen LogP contribution in [0.5, 0.6) is 0 Å². The molecule has 0 bridgehead atoms. The summed E-state index contributed by atoms with van der Waals surface area (Å²) in [6, 6.07) is 18.7. The summed E-state index contributed by atoms with van der Waals surface area (Å²) in [6.07, 6.45) is 15.7. The molecule has 8 N–H and O–H groups in total. The number of nitrogen functional groups attached to an aromatic ring is 3. The van der Waals surface area contributed by atoms with Gasteiger partial charge in [-0.25, -0.2) is 44.9 Å². The number of amides is 1. The molecular formula is C47H57N17O2. The van der Waals surface area contributed by atoms with Gasteiger partial charge in [0.25, 0.3) is 5.91 Å². The Bertz CT molecular complexity index is 2780. The Balaban J connectivity index is 0.000000127. The molecule has 2 unspecified atom stereocenters. The number of rotatable bonds is 7. The summed E-state index contributed by atoms with van der Waals surface area (Å²) in [5, 5.41) is 6.55. The molecule has 2 aliphatic heterocycles. The zero-order valence-electron chi connectivity index (χ0n) is 37.3. The van der Waals surface area contributed by atoms with Crippen molar-refractivity contribution in [1.82, 2.24) is 55.2 Å². The van der Waals surface area contributed by atoms with Crippen molar-refractivity contribution >= 4 is 73.9 Å². The molecule has 2 saturated heterocycles. The Hall–Kier alpha value is -7.15. The first-order chi connectivity index (χ1) is 32.2. The molecule has 11 rings (SSSR count). The average Bonchev–Trinajstić information content (AvgIpc) is 4.08. The van der Waals surface area contributed by atoms with E-state index in [9.17, 15) is 4.79 Å². The smallest absolute Gasteiger partial charge is 0.251 e. The Morgan fingerprint density at radius 1 is 0.606 bits per heavy atom. The van der Waals surface area contributed by atoms with E-state index in [0.29, 0.717) is 77.2 Å². The van der Waals surface area contributed by atoms with Gasteiger partial charge in [0.2, 0.25) is 0 Å². The number of ether oxygens (including phenoxy) is 1. The Kier molecular flexibility index (Phi) is 13.6. The highest BCUT2D eigenvalue weighted by molar-refractivity contribution is 5.87. The van der Waals surface area contributed by atoms with Crippen molar-refractivity contribution in [3.8, 4) is 0 Å². The molecule has 342 valence electrons. The maximum Gasteiger partial charge on any atom is 0.251 e. The van der Waals surface area contributed by atoms with E-state index in [1.54, 1.807) is 0 Å². The van der Waals surface area contributed by atoms with E-state index in [4.69, 9.17) is 31.9 Å². The SMILES string of the molecule is Cc1cccc(C2CCCN(c3ccc4ncnc(N)c4n3)C2)n1.Nc1ncnc2ccc(N3CCOC(C(=O)NC4CCCC4)C3)nc12.Nc1ncnc2ccc(NC3CCCC3)nc12. The van der Waals surface area contributed by atoms with Gasteiger partial charge in [-0.1, -0.05) is 31.7 Å². The molecule has 0 radical (unpaired) electrons. The number of aryl methyl sites for hydroxylation is 1. The maximum absolute atomic E-state index is 12.5. The number of pyridine rings is 4. The van der Waals surface area contributed by atoms with E-state index in [1.165, 1.54) is 63.2 Å². The Morgan fingerprint density at radius 2 is 1.17 bits per heavy atom. The maximum atomic E-state index is 12.5. The van der Waals surface area contributed by atoms with Crippen LogP contribution in [0.25, 0.3) is 33.1 Å². The first-order valence-corrected chi connectivity index (χ1v) is 23.0. The predicted octanol–water partition coefficient (Wildman–Crippen LogP) is 5.53. The van der Waals surface area contributed by atoms with Crippen molar-refractivity contribution in [3.05, 3.63) is 85.0 Å². The third kappa shape index (κ3) is 10.5. The standard InChI is InChI=1S/C18H20N6.C17H22N6O2.C12H15N5/c1-12-4-2-6-14(22-12)13-5-3-9-24(10-13)16-8-7-15-17(23-16)18(19)21-11-20-15;18-16-15-12(19-10-20-16)5-6-14(22-15)23-7-8-25-13(9-23)17(24)21-11-3-1-2-4-11;13-12-11-9(14-7-15-12)5-6-10(17-11)16-8-3-1-2-4-8/h2,4,6-8,11,13H,3,5,9-10H2,1H3,(H2,19,20,21);5-6,10-11,13H,1-4,7-9H2,(H,21,24)(H2,18,19,20);5-8H,1-4H2,(H,16,17)(H2,13,14,15). The first kappa shape index (κ1) is 44.1. The van der Waals surface area contributed by atoms with Crippen LogP contribution in [0.3, 0.4) is 0 Å². The highest BCUT2D eigenvalue weighted by atomic mass is 16.5. The summed E-state index contributed by atoms with van der Waals surface area (Å²) in [5.74, 6) is 4.18. The molecule has 1 amide bonds. The summed E-state index contributed by atoms with van der Waals surface area (Å²) in [7, 11) is 0. The van der Waals surface area contributed by atoms with Crippen LogP contribution in [0.4, 0.5) is 34.9 Å². The fourth-order valence-electron chi connectivity index (χ4n) is 9.17. The number of carbonyl (C=O) groups is 1. The van der Waals surface area contributed by atoms with Gasteiger partial charge in [-0.15, -0.1) is 0 Å². The number of carbonyl (C=O) groups excluding carboxylic acids is 1. The van der Waals surface area contributed by atoms with Gasteiger partial charge >= 0.3 is 0 Å². The van der Waals surface area contributed by atoms with Crippen LogP contribution in [-0.4, -0.2) is 107 Å². The minimum atomic E-state index is -0.476. The predicted molar refractivity (Wildman–Crippen MR) is 257 cm³/mol. The van der Waals surface area contributed by atoms with E-state index in [-0.39, 0.29) is 5.91 Å². The van der Waals surface area contributed by atoms with Gasteiger partial charge in [0.15, 0.2) is 23.6 Å². The van der Waals surface area contributed by atoms with Crippen LogP contribution in [0, 0.1) is 6.92 Å². The van der Waals surface area contributed by atoms with Crippen LogP contribution in [-0.2, 0) is 9.53 Å². The fourth-order valence-corrected chi connectivity index (χ4v) is 9.17. The van der Waals surface area contributed by atoms with Gasteiger partial charge in [-0.05, 0) is 94.0 Å². The number of piperidine rings is 1. The topological polar surface area (TPSA) is 264 Å². The second-order valence-electron chi connectivity index (χ2n) is 17.3. The zero-order valence-corrected chi connectivity index (χ0v) is 37.3. The molecule has 7 aromatic heterocycles. The highest BCUT2D eigenvalue weighted by Gasteiger charge is 2.30. The lowest BCUT2D eigenvalue weighted by molar-refractivity contribution is -0.134. The summed E-state index contributed by atoms with van der Waals surface area (Å²) in [5.41, 5.74) is 24.1. The van der Waals surface area contributed by atoms with E-state index >= 15 is 0 Å². The van der Waals surface area contributed by atoms with Crippen molar-refractivity contribution in [2.45, 2.75) is 95.2 Å². The van der Waals surface area contributed by atoms with Gasteiger partial charge in [-0.3, -0.25) is 9.78 Å². The highest BCUT2D eigenvalue weighted by Crippen LogP contribution is 2.30. The van der Waals surface area contributed by atoms with Gasteiger partial charge in [-0.2, -0.15) is 0 Å². The van der Waals surface area contributed by atoms with Crippen molar-refractivity contribution in [1.29, 1.82) is 0 Å². The Morgan fingerprint density at radius 3 is 1.77 bits per heavy atom. The molecule has 2 aliphatic carbocycles. The normalized spacial score (nSPS) is 19.0. The number of fused-ring (bicyclic) bond motifs is 3. The molecule has 19 nitrogen and oxygen atoms in total. The molecule has 0 aromatic carbocycles. The minimum Gasteiger partial charge on any atom is -0.382 e. The summed E-state index contributed by atoms with van der Waals surface area (Å²) in [6.45, 7) is 5.60. The van der Waals surface area contributed by atoms with E-state index in [0.717, 1.165) is 73.0 Å². The number of morpholine rings is 1. The molecule has 2 atom stereocenters. The van der Waals surface area contributed by atoms with Crippen LogP contribution < -0.4 is 37.6 Å². The van der Waals surface area contributed by atoms with E-state index < -0.39 is 6.10 Å². The largest absolute Gasteiger partial charge is 0.382 e. The molecule has 4 aliphatic rings. The molecule has 2 saturated carbocycles. The summed E-state index contributed by atoms with van der Waals surface area (Å²) < 4.78 is 5.68. The number of nitrogens with two attached hydrogens (primary N) is 3. The number of hydrogen-bond donors (Lipinski definition) is 5. The third-order valence-electron chi connectivity index (χ3n) is 12.7. The van der Waals surface area contributed by atoms with Crippen LogP contribution >= 0.6 is 0 Å². The van der Waals surface area contributed by atoms with E-state index in [2.05, 4.69) is 67.5 Å². The number of hydrogen-bond acceptors (Lipinski definition) is 18. The van der Waals surface area contributed by atoms with Crippen molar-refractivity contribution in [2.24, 2.45) is 0 Å². The number of anilines is 6. The Labute approximate surface area is 382 Å². The lowest BCUT2D eigenvalue weighted by Gasteiger charge is -2.33. The molecule has 9 heterocycles. The molecular weight excluding hydrogens is 835 g/mol. The lowest BCUT2D eigenvalue weighted by Crippen LogP contribution is -2.51. The lowest BCUT2D eigenvalue weighted by atomic mass is 9.94. The van der Waals surface area contributed by atoms with Gasteiger partial charge in [0.1, 0.15) is 53.0 Å². The molecule has 4 fully saturated rings. The minimum absolute atomic E-state index is 0.0276. The van der Waals surface area contributed by atoms with Crippen LogP contribution in [0.1, 0.15) is 81.5 Å². The third-order valence-corrected chi connectivity index (χ3v) is 12.7. The number of nitrogens with zero attached hydrogens (tertiary/aromatic N) is 12. The monoisotopic (exact) mass is 891 g/mol. The molecule has 66 heavy (non-hydrogen) atoms. The number of aromatic nitrogens is 10.